The molecule has 2 fully saturated rings. The Labute approximate surface area is 157 Å². The monoisotopic (exact) mass is 390 g/mol. The van der Waals surface area contributed by atoms with Gasteiger partial charge in [-0.25, -0.2) is 13.4 Å². The van der Waals surface area contributed by atoms with E-state index in [9.17, 15) is 13.2 Å². The van der Waals surface area contributed by atoms with Crippen molar-refractivity contribution in [1.29, 1.82) is 0 Å². The number of hydrogen-bond donors (Lipinski definition) is 1. The average molecular weight is 391 g/mol. The predicted molar refractivity (Wildman–Crippen MR) is 104 cm³/mol. The molecule has 0 amide bonds. The molecule has 26 heavy (non-hydrogen) atoms. The van der Waals surface area contributed by atoms with E-state index >= 15 is 0 Å². The lowest BCUT2D eigenvalue weighted by molar-refractivity contribution is -0.128. The Balaban J connectivity index is 1.55. The lowest BCUT2D eigenvalue weighted by Crippen LogP contribution is -2.43. The number of fused-ring (bicyclic) bond motifs is 2. The standard InChI is InChI=1S/C19H22N2O3S2/c1-18(2)14-8-9-19(18,16(22)10-14)12-26(23,24)21-17-20-15(11-25-17)13-6-4-3-5-7-13/h3-7,11,14H,8-10,12H2,1-2H3,(H,20,21). The molecule has 2 bridgehead atoms. The quantitative estimate of drug-likeness (QED) is 0.839. The molecule has 2 aliphatic rings. The first kappa shape index (κ1) is 17.7. The summed E-state index contributed by atoms with van der Waals surface area (Å²) in [5.41, 5.74) is 0.656. The summed E-state index contributed by atoms with van der Waals surface area (Å²) in [6.45, 7) is 4.09. The van der Waals surface area contributed by atoms with Gasteiger partial charge in [-0.05, 0) is 24.2 Å². The van der Waals surface area contributed by atoms with E-state index in [1.165, 1.54) is 11.3 Å². The van der Waals surface area contributed by atoms with Gasteiger partial charge in [0.1, 0.15) is 5.78 Å². The van der Waals surface area contributed by atoms with Crippen LogP contribution in [0.1, 0.15) is 33.1 Å². The van der Waals surface area contributed by atoms with Crippen LogP contribution in [-0.4, -0.2) is 24.9 Å². The van der Waals surface area contributed by atoms with Gasteiger partial charge < -0.3 is 0 Å². The SMILES string of the molecule is CC1(C)C2CCC1(CS(=O)(=O)Nc1nc(-c3ccccc3)cs1)C(=O)C2. The number of Topliss-reactive ketones (excluding diaryl/α,β-unsaturated/α-hetero) is 1. The van der Waals surface area contributed by atoms with Gasteiger partial charge in [-0.1, -0.05) is 44.2 Å². The highest BCUT2D eigenvalue weighted by molar-refractivity contribution is 7.92. The van der Waals surface area contributed by atoms with E-state index in [4.69, 9.17) is 0 Å². The Morgan fingerprint density at radius 3 is 2.62 bits per heavy atom. The molecule has 138 valence electrons. The second-order valence-electron chi connectivity index (χ2n) is 7.93. The maximum absolute atomic E-state index is 12.8. The molecule has 2 atom stereocenters. The number of sulfonamides is 1. The zero-order valence-electron chi connectivity index (χ0n) is 14.9. The topological polar surface area (TPSA) is 76.1 Å². The van der Waals surface area contributed by atoms with Crippen LogP contribution in [-0.2, 0) is 14.8 Å². The summed E-state index contributed by atoms with van der Waals surface area (Å²) in [5, 5.41) is 2.18. The average Bonchev–Trinajstić information content (AvgIpc) is 3.18. The van der Waals surface area contributed by atoms with Gasteiger partial charge >= 0.3 is 0 Å². The molecular weight excluding hydrogens is 368 g/mol. The molecule has 0 spiro atoms. The number of aromatic nitrogens is 1. The molecule has 2 aromatic rings. The summed E-state index contributed by atoms with van der Waals surface area (Å²) in [5.74, 6) is 0.255. The molecule has 2 saturated carbocycles. The first-order valence-corrected chi connectivity index (χ1v) is 11.3. The highest BCUT2D eigenvalue weighted by atomic mass is 32.2. The lowest BCUT2D eigenvalue weighted by atomic mass is 9.70. The van der Waals surface area contributed by atoms with Crippen molar-refractivity contribution in [2.75, 3.05) is 10.5 Å². The van der Waals surface area contributed by atoms with Crippen molar-refractivity contribution in [3.63, 3.8) is 0 Å². The lowest BCUT2D eigenvalue weighted by Gasteiger charge is -2.36. The summed E-state index contributed by atoms with van der Waals surface area (Å²) in [7, 11) is -3.66. The van der Waals surface area contributed by atoms with Gasteiger partial charge in [-0.3, -0.25) is 9.52 Å². The van der Waals surface area contributed by atoms with Crippen LogP contribution in [0, 0.1) is 16.7 Å². The molecule has 2 unspecified atom stereocenters. The maximum atomic E-state index is 12.8. The number of ketones is 1. The van der Waals surface area contributed by atoms with Crippen molar-refractivity contribution in [2.45, 2.75) is 33.1 Å². The molecule has 5 nitrogen and oxygen atoms in total. The van der Waals surface area contributed by atoms with Crippen LogP contribution in [0.25, 0.3) is 11.3 Å². The number of benzene rings is 1. The van der Waals surface area contributed by atoms with Gasteiger partial charge in [0.2, 0.25) is 10.0 Å². The van der Waals surface area contributed by atoms with Crippen molar-refractivity contribution < 1.29 is 13.2 Å². The number of carbonyl (C=O) groups is 1. The summed E-state index contributed by atoms with van der Waals surface area (Å²) in [6.07, 6.45) is 2.11. The fourth-order valence-electron chi connectivity index (χ4n) is 4.66. The Bertz CT molecular complexity index is 950. The van der Waals surface area contributed by atoms with Crippen molar-refractivity contribution >= 4 is 32.3 Å². The number of hydrogen-bond acceptors (Lipinski definition) is 5. The zero-order chi connectivity index (χ0) is 18.6. The summed E-state index contributed by atoms with van der Waals surface area (Å²) in [4.78, 5) is 17.0. The Morgan fingerprint density at radius 2 is 2.00 bits per heavy atom. The smallest absolute Gasteiger partial charge is 0.235 e. The molecule has 1 N–H and O–H groups in total. The maximum Gasteiger partial charge on any atom is 0.235 e. The van der Waals surface area contributed by atoms with Gasteiger partial charge in [0.15, 0.2) is 5.13 Å². The van der Waals surface area contributed by atoms with E-state index in [1.54, 1.807) is 0 Å². The van der Waals surface area contributed by atoms with Crippen LogP contribution in [0.5, 0.6) is 0 Å². The minimum absolute atomic E-state index is 0.105. The molecule has 7 heteroatoms. The molecule has 0 radical (unpaired) electrons. The van der Waals surface area contributed by atoms with Crippen molar-refractivity contribution in [3.8, 4) is 11.3 Å². The number of nitrogens with one attached hydrogen (secondary N) is 1. The third-order valence-corrected chi connectivity index (χ3v) is 8.66. The normalized spacial score (nSPS) is 27.0. The minimum Gasteiger partial charge on any atom is -0.299 e. The molecular formula is C19H22N2O3S2. The largest absolute Gasteiger partial charge is 0.299 e. The molecule has 1 heterocycles. The number of thiazole rings is 1. The van der Waals surface area contributed by atoms with Crippen LogP contribution in [0.2, 0.25) is 0 Å². The van der Waals surface area contributed by atoms with Gasteiger partial charge in [-0.15, -0.1) is 11.3 Å². The zero-order valence-corrected chi connectivity index (χ0v) is 16.5. The Kier molecular flexibility index (Phi) is 4.00. The van der Waals surface area contributed by atoms with Gasteiger partial charge in [0, 0.05) is 17.4 Å². The third-order valence-electron chi connectivity index (χ3n) is 6.39. The fourth-order valence-corrected chi connectivity index (χ4v) is 7.51. The van der Waals surface area contributed by atoms with E-state index in [0.29, 0.717) is 23.9 Å². The van der Waals surface area contributed by atoms with Crippen LogP contribution >= 0.6 is 11.3 Å². The van der Waals surface area contributed by atoms with Crippen LogP contribution in [0.4, 0.5) is 5.13 Å². The van der Waals surface area contributed by atoms with Crippen LogP contribution in [0.15, 0.2) is 35.7 Å². The molecule has 1 aromatic carbocycles. The molecule has 0 aliphatic heterocycles. The predicted octanol–water partition coefficient (Wildman–Crippen LogP) is 3.95. The van der Waals surface area contributed by atoms with Crippen molar-refractivity contribution in [2.24, 2.45) is 16.7 Å². The molecule has 0 saturated heterocycles. The summed E-state index contributed by atoms with van der Waals surface area (Å²) in [6, 6.07) is 9.63. The van der Waals surface area contributed by atoms with Crippen molar-refractivity contribution in [1.82, 2.24) is 4.98 Å². The fraction of sp³-hybridized carbons (Fsp3) is 0.474. The van der Waals surface area contributed by atoms with E-state index < -0.39 is 15.4 Å². The number of rotatable bonds is 5. The molecule has 4 rings (SSSR count). The van der Waals surface area contributed by atoms with Gasteiger partial charge in [0.05, 0.1) is 16.9 Å². The number of anilines is 1. The highest BCUT2D eigenvalue weighted by Gasteiger charge is 2.65. The third kappa shape index (κ3) is 2.68. The molecule has 2 aliphatic carbocycles. The Hall–Kier alpha value is -1.73. The summed E-state index contributed by atoms with van der Waals surface area (Å²) >= 11 is 1.26. The highest BCUT2D eigenvalue weighted by Crippen LogP contribution is 2.64. The van der Waals surface area contributed by atoms with Gasteiger partial charge in [0.25, 0.3) is 0 Å². The van der Waals surface area contributed by atoms with E-state index in [2.05, 4.69) is 9.71 Å². The Morgan fingerprint density at radius 1 is 1.27 bits per heavy atom. The van der Waals surface area contributed by atoms with Gasteiger partial charge in [-0.2, -0.15) is 0 Å². The van der Waals surface area contributed by atoms with Crippen LogP contribution < -0.4 is 4.72 Å². The second kappa shape index (κ2) is 5.89. The van der Waals surface area contributed by atoms with E-state index in [1.807, 2.05) is 49.6 Å². The van der Waals surface area contributed by atoms with E-state index in [-0.39, 0.29) is 17.0 Å². The van der Waals surface area contributed by atoms with E-state index in [0.717, 1.165) is 17.7 Å². The molecule has 1 aromatic heterocycles. The number of carbonyl (C=O) groups excluding carboxylic acids is 1. The van der Waals surface area contributed by atoms with Crippen LogP contribution in [0.3, 0.4) is 0 Å². The number of nitrogens with zero attached hydrogens (tertiary/aromatic N) is 1. The van der Waals surface area contributed by atoms with Crippen molar-refractivity contribution in [3.05, 3.63) is 35.7 Å². The first-order chi connectivity index (χ1) is 12.2. The minimum atomic E-state index is -3.66. The second-order valence-corrected chi connectivity index (χ2v) is 10.5. The first-order valence-electron chi connectivity index (χ1n) is 8.78. The summed E-state index contributed by atoms with van der Waals surface area (Å²) < 4.78 is 28.2.